The molecule has 0 aliphatic rings. The van der Waals surface area contributed by atoms with E-state index >= 15 is 0 Å². The Kier molecular flexibility index (Phi) is 3.48. The average Bonchev–Trinajstić information content (AvgIpc) is 2.10. The van der Waals surface area contributed by atoms with Crippen LogP contribution in [0.15, 0.2) is 12.1 Å². The van der Waals surface area contributed by atoms with Crippen molar-refractivity contribution in [1.29, 1.82) is 0 Å². The summed E-state index contributed by atoms with van der Waals surface area (Å²) >= 11 is 10.8. The van der Waals surface area contributed by atoms with Gasteiger partial charge in [-0.3, -0.25) is 0 Å². The molecule has 0 unspecified atom stereocenters. The second-order valence-electron chi connectivity index (χ2n) is 2.78. The van der Waals surface area contributed by atoms with Crippen LogP contribution < -0.4 is 5.73 Å². The molecule has 0 aromatic heterocycles. The highest BCUT2D eigenvalue weighted by atomic mass is 35.5. The van der Waals surface area contributed by atoms with Gasteiger partial charge in [0.2, 0.25) is 0 Å². The average molecular weight is 262 g/mol. The number of alkyl halides is 3. The number of benzene rings is 1. The molecule has 0 fully saturated rings. The van der Waals surface area contributed by atoms with Gasteiger partial charge >= 0.3 is 6.18 Å². The summed E-state index contributed by atoms with van der Waals surface area (Å²) in [7, 11) is 0. The summed E-state index contributed by atoms with van der Waals surface area (Å²) in [5.74, 6) is -0.990. The zero-order valence-electron chi connectivity index (χ0n) is 7.08. The SMILES string of the molecule is N[C@@H](c1c(Cl)ccc(F)c1Cl)C(F)(F)F. The fourth-order valence-electron chi connectivity index (χ4n) is 0.992. The molecule has 7 heteroatoms. The topological polar surface area (TPSA) is 26.0 Å². The Balaban J connectivity index is 3.31. The van der Waals surface area contributed by atoms with Crippen LogP contribution in [0.25, 0.3) is 0 Å². The summed E-state index contributed by atoms with van der Waals surface area (Å²) in [6.07, 6.45) is -4.72. The van der Waals surface area contributed by atoms with Gasteiger partial charge in [0.25, 0.3) is 0 Å². The van der Waals surface area contributed by atoms with E-state index in [-0.39, 0.29) is 5.02 Å². The molecule has 1 aromatic carbocycles. The first kappa shape index (κ1) is 12.5. The Bertz CT molecular complexity index is 378. The van der Waals surface area contributed by atoms with Crippen molar-refractivity contribution in [3.63, 3.8) is 0 Å². The van der Waals surface area contributed by atoms with E-state index in [2.05, 4.69) is 0 Å². The minimum absolute atomic E-state index is 0.314. The van der Waals surface area contributed by atoms with Gasteiger partial charge in [-0.05, 0) is 12.1 Å². The van der Waals surface area contributed by atoms with Gasteiger partial charge in [0.05, 0.1) is 5.02 Å². The van der Waals surface area contributed by atoms with E-state index < -0.39 is 28.6 Å². The molecule has 1 atom stereocenters. The molecule has 0 aliphatic carbocycles. The molecule has 0 heterocycles. The molecule has 1 aromatic rings. The minimum atomic E-state index is -4.72. The predicted molar refractivity (Wildman–Crippen MR) is 49.4 cm³/mol. The summed E-state index contributed by atoms with van der Waals surface area (Å²) in [6.45, 7) is 0. The normalized spacial score (nSPS) is 14.1. The third kappa shape index (κ3) is 2.53. The van der Waals surface area contributed by atoms with Crippen molar-refractivity contribution in [2.45, 2.75) is 12.2 Å². The smallest absolute Gasteiger partial charge is 0.316 e. The van der Waals surface area contributed by atoms with E-state index in [9.17, 15) is 17.6 Å². The molecule has 1 nitrogen and oxygen atoms in total. The van der Waals surface area contributed by atoms with E-state index in [0.29, 0.717) is 0 Å². The molecule has 2 N–H and O–H groups in total. The van der Waals surface area contributed by atoms with Crippen molar-refractivity contribution in [1.82, 2.24) is 0 Å². The zero-order chi connectivity index (χ0) is 11.8. The molecule has 0 radical (unpaired) electrons. The zero-order valence-corrected chi connectivity index (χ0v) is 8.59. The van der Waals surface area contributed by atoms with Gasteiger partial charge in [0.1, 0.15) is 11.9 Å². The summed E-state index contributed by atoms with van der Waals surface area (Å²) in [6, 6.07) is -0.547. The molecule has 0 saturated heterocycles. The van der Waals surface area contributed by atoms with Gasteiger partial charge in [0.15, 0.2) is 0 Å². The lowest BCUT2D eigenvalue weighted by Gasteiger charge is -2.18. The summed E-state index contributed by atoms with van der Waals surface area (Å²) in [4.78, 5) is 0. The molecular weight excluding hydrogens is 257 g/mol. The standard InChI is InChI=1S/C8H5Cl2F4N/c9-3-1-2-4(11)6(10)5(3)7(15)8(12,13)14/h1-2,7H,15H2/t7-/m0/s1. The van der Waals surface area contributed by atoms with E-state index in [1.165, 1.54) is 0 Å². The minimum Gasteiger partial charge on any atom is -0.316 e. The van der Waals surface area contributed by atoms with Crippen molar-refractivity contribution in [3.05, 3.63) is 33.6 Å². The van der Waals surface area contributed by atoms with Crippen LogP contribution in [-0.2, 0) is 0 Å². The highest BCUT2D eigenvalue weighted by molar-refractivity contribution is 6.36. The second kappa shape index (κ2) is 4.15. The van der Waals surface area contributed by atoms with Gasteiger partial charge in [-0.2, -0.15) is 13.2 Å². The quantitative estimate of drug-likeness (QED) is 0.606. The van der Waals surface area contributed by atoms with Crippen LogP contribution in [-0.4, -0.2) is 6.18 Å². The van der Waals surface area contributed by atoms with Gasteiger partial charge < -0.3 is 5.73 Å². The Morgan fingerprint density at radius 1 is 1.20 bits per heavy atom. The number of rotatable bonds is 1. The number of halogens is 6. The maximum Gasteiger partial charge on any atom is 0.407 e. The first-order valence-corrected chi connectivity index (χ1v) is 4.46. The molecule has 0 bridgehead atoms. The molecule has 0 amide bonds. The third-order valence-corrected chi connectivity index (χ3v) is 2.46. The third-order valence-electron chi connectivity index (χ3n) is 1.74. The summed E-state index contributed by atoms with van der Waals surface area (Å²) in [5, 5.41) is -1.02. The van der Waals surface area contributed by atoms with Gasteiger partial charge in [-0.1, -0.05) is 23.2 Å². The first-order valence-electron chi connectivity index (χ1n) is 3.71. The maximum atomic E-state index is 12.9. The number of hydrogen-bond donors (Lipinski definition) is 1. The molecule has 84 valence electrons. The molecular formula is C8H5Cl2F4N. The summed E-state index contributed by atoms with van der Waals surface area (Å²) in [5.41, 5.74) is 4.23. The van der Waals surface area contributed by atoms with Crippen LogP contribution >= 0.6 is 23.2 Å². The van der Waals surface area contributed by atoms with Gasteiger partial charge in [-0.25, -0.2) is 4.39 Å². The van der Waals surface area contributed by atoms with E-state index in [1.807, 2.05) is 0 Å². The van der Waals surface area contributed by atoms with Crippen LogP contribution in [0.4, 0.5) is 17.6 Å². The van der Waals surface area contributed by atoms with Crippen molar-refractivity contribution in [2.75, 3.05) is 0 Å². The Morgan fingerprint density at radius 2 is 1.73 bits per heavy atom. The predicted octanol–water partition coefficient (Wildman–Crippen LogP) is 3.69. The number of hydrogen-bond acceptors (Lipinski definition) is 1. The van der Waals surface area contributed by atoms with Crippen LogP contribution in [0.3, 0.4) is 0 Å². The van der Waals surface area contributed by atoms with Crippen LogP contribution in [0.2, 0.25) is 10.0 Å². The lowest BCUT2D eigenvalue weighted by molar-refractivity contribution is -0.149. The van der Waals surface area contributed by atoms with E-state index in [4.69, 9.17) is 28.9 Å². The largest absolute Gasteiger partial charge is 0.407 e. The number of nitrogens with two attached hydrogens (primary N) is 1. The summed E-state index contributed by atoms with van der Waals surface area (Å²) < 4.78 is 49.7. The van der Waals surface area contributed by atoms with E-state index in [1.54, 1.807) is 0 Å². The van der Waals surface area contributed by atoms with Crippen molar-refractivity contribution in [3.8, 4) is 0 Å². The lowest BCUT2D eigenvalue weighted by atomic mass is 10.1. The maximum absolute atomic E-state index is 12.9. The van der Waals surface area contributed by atoms with Crippen LogP contribution in [0.5, 0.6) is 0 Å². The monoisotopic (exact) mass is 261 g/mol. The van der Waals surface area contributed by atoms with Gasteiger partial charge in [-0.15, -0.1) is 0 Å². The van der Waals surface area contributed by atoms with Crippen molar-refractivity contribution >= 4 is 23.2 Å². The fourth-order valence-corrected chi connectivity index (χ4v) is 1.60. The molecule has 15 heavy (non-hydrogen) atoms. The molecule has 0 spiro atoms. The van der Waals surface area contributed by atoms with Crippen molar-refractivity contribution in [2.24, 2.45) is 5.73 Å². The van der Waals surface area contributed by atoms with Crippen LogP contribution in [0, 0.1) is 5.82 Å². The Hall–Kier alpha value is -0.520. The fraction of sp³-hybridized carbons (Fsp3) is 0.250. The molecule has 0 aliphatic heterocycles. The lowest BCUT2D eigenvalue weighted by Crippen LogP contribution is -2.29. The van der Waals surface area contributed by atoms with E-state index in [0.717, 1.165) is 12.1 Å². The Labute approximate surface area is 92.8 Å². The van der Waals surface area contributed by atoms with Gasteiger partial charge in [0, 0.05) is 10.6 Å². The van der Waals surface area contributed by atoms with Crippen molar-refractivity contribution < 1.29 is 17.6 Å². The highest BCUT2D eigenvalue weighted by Gasteiger charge is 2.40. The first-order chi connectivity index (χ1) is 6.75. The molecule has 1 rings (SSSR count). The molecule has 0 saturated carbocycles. The highest BCUT2D eigenvalue weighted by Crippen LogP contribution is 2.39. The Morgan fingerprint density at radius 3 is 2.20 bits per heavy atom. The second-order valence-corrected chi connectivity index (χ2v) is 3.56. The van der Waals surface area contributed by atoms with Crippen LogP contribution in [0.1, 0.15) is 11.6 Å².